The number of hydrogen-bond acceptors (Lipinski definition) is 2. The number of likely N-dealkylation sites (tertiary alicyclic amines) is 1. The zero-order valence-electron chi connectivity index (χ0n) is 13.7. The molecule has 21 heavy (non-hydrogen) atoms. The van der Waals surface area contributed by atoms with Gasteiger partial charge in [-0.1, -0.05) is 26.2 Å². The van der Waals surface area contributed by atoms with E-state index >= 15 is 0 Å². The van der Waals surface area contributed by atoms with E-state index in [1.807, 2.05) is 0 Å². The van der Waals surface area contributed by atoms with Gasteiger partial charge in [-0.05, 0) is 56.3 Å². The normalized spacial score (nSPS) is 34.1. The van der Waals surface area contributed by atoms with Crippen molar-refractivity contribution in [2.24, 2.45) is 23.0 Å². The average Bonchev–Trinajstić information content (AvgIpc) is 2.95. The molecule has 1 spiro atoms. The van der Waals surface area contributed by atoms with Gasteiger partial charge in [0.1, 0.15) is 0 Å². The summed E-state index contributed by atoms with van der Waals surface area (Å²) < 4.78 is 0. The van der Waals surface area contributed by atoms with Gasteiger partial charge in [-0.2, -0.15) is 0 Å². The zero-order chi connectivity index (χ0) is 14.9. The lowest BCUT2D eigenvalue weighted by molar-refractivity contribution is -0.139. The molecular weight excluding hydrogens is 260 g/mol. The third-order valence-electron chi connectivity index (χ3n) is 6.65. The topological polar surface area (TPSA) is 46.3 Å². The second-order valence-electron chi connectivity index (χ2n) is 8.01. The van der Waals surface area contributed by atoms with Gasteiger partial charge in [0, 0.05) is 25.0 Å². The van der Waals surface area contributed by atoms with Crippen molar-refractivity contribution >= 4 is 5.91 Å². The minimum Gasteiger partial charge on any atom is -0.342 e. The Balaban J connectivity index is 1.53. The van der Waals surface area contributed by atoms with Gasteiger partial charge in [0.05, 0.1) is 0 Å². The molecule has 3 heteroatoms. The Hall–Kier alpha value is -0.570. The number of carbonyl (C=O) groups is 1. The highest BCUT2D eigenvalue weighted by molar-refractivity contribution is 5.79. The van der Waals surface area contributed by atoms with Crippen LogP contribution in [0.1, 0.15) is 71.1 Å². The predicted molar refractivity (Wildman–Crippen MR) is 85.8 cm³/mol. The number of nitrogens with zero attached hydrogens (tertiary/aromatic N) is 1. The third-order valence-corrected chi connectivity index (χ3v) is 6.65. The smallest absolute Gasteiger partial charge is 0.225 e. The highest BCUT2D eigenvalue weighted by Gasteiger charge is 2.39. The Kier molecular flexibility index (Phi) is 4.58. The van der Waals surface area contributed by atoms with Crippen molar-refractivity contribution in [3.63, 3.8) is 0 Å². The highest BCUT2D eigenvalue weighted by atomic mass is 16.2. The lowest BCUT2D eigenvalue weighted by Crippen LogP contribution is -2.46. The molecule has 2 aliphatic carbocycles. The maximum Gasteiger partial charge on any atom is 0.225 e. The van der Waals surface area contributed by atoms with Crippen LogP contribution in [0.4, 0.5) is 0 Å². The molecule has 3 aliphatic rings. The van der Waals surface area contributed by atoms with E-state index in [2.05, 4.69) is 11.8 Å². The summed E-state index contributed by atoms with van der Waals surface area (Å²) in [5.74, 6) is 1.10. The molecule has 0 radical (unpaired) electrons. The lowest BCUT2D eigenvalue weighted by Gasteiger charge is -2.41. The SMILES string of the molecule is CC(C(=O)N1CCC2(CCCC2)CC1)C1CCCC(N)C1. The number of hydrogen-bond donors (Lipinski definition) is 1. The summed E-state index contributed by atoms with van der Waals surface area (Å²) in [5.41, 5.74) is 6.70. The molecule has 0 aromatic heterocycles. The molecule has 3 atom stereocenters. The van der Waals surface area contributed by atoms with Crippen LogP contribution in [-0.4, -0.2) is 29.9 Å². The monoisotopic (exact) mass is 292 g/mol. The van der Waals surface area contributed by atoms with E-state index in [1.54, 1.807) is 0 Å². The van der Waals surface area contributed by atoms with Gasteiger partial charge in [0.25, 0.3) is 0 Å². The van der Waals surface area contributed by atoms with Crippen molar-refractivity contribution in [1.82, 2.24) is 4.90 Å². The summed E-state index contributed by atoms with van der Waals surface area (Å²) in [6, 6.07) is 0.321. The largest absolute Gasteiger partial charge is 0.342 e. The van der Waals surface area contributed by atoms with Gasteiger partial charge < -0.3 is 10.6 Å². The van der Waals surface area contributed by atoms with Gasteiger partial charge in [0.2, 0.25) is 5.91 Å². The Bertz CT molecular complexity index is 365. The highest BCUT2D eigenvalue weighted by Crippen LogP contribution is 2.46. The summed E-state index contributed by atoms with van der Waals surface area (Å²) in [5, 5.41) is 0. The fraction of sp³-hybridized carbons (Fsp3) is 0.944. The van der Waals surface area contributed by atoms with Crippen molar-refractivity contribution in [1.29, 1.82) is 0 Å². The number of rotatable bonds is 2. The molecule has 120 valence electrons. The van der Waals surface area contributed by atoms with Gasteiger partial charge in [-0.15, -0.1) is 0 Å². The molecule has 0 bridgehead atoms. The van der Waals surface area contributed by atoms with Crippen LogP contribution in [0.3, 0.4) is 0 Å². The molecular formula is C18H32N2O. The Morgan fingerprint density at radius 2 is 1.76 bits per heavy atom. The first-order valence-corrected chi connectivity index (χ1v) is 9.14. The number of amides is 1. The van der Waals surface area contributed by atoms with E-state index in [0.717, 1.165) is 25.9 Å². The maximum absolute atomic E-state index is 12.8. The van der Waals surface area contributed by atoms with E-state index in [9.17, 15) is 4.79 Å². The van der Waals surface area contributed by atoms with Crippen LogP contribution in [-0.2, 0) is 4.79 Å². The number of carbonyl (C=O) groups excluding carboxylic acids is 1. The Morgan fingerprint density at radius 3 is 2.38 bits per heavy atom. The van der Waals surface area contributed by atoms with Gasteiger partial charge in [-0.3, -0.25) is 4.79 Å². The van der Waals surface area contributed by atoms with Crippen LogP contribution >= 0.6 is 0 Å². The molecule has 3 rings (SSSR count). The fourth-order valence-corrected chi connectivity index (χ4v) is 5.04. The fourth-order valence-electron chi connectivity index (χ4n) is 5.04. The van der Waals surface area contributed by atoms with E-state index in [0.29, 0.717) is 23.3 Å². The minimum atomic E-state index is 0.175. The molecule has 3 nitrogen and oxygen atoms in total. The molecule has 3 unspecified atom stereocenters. The summed E-state index contributed by atoms with van der Waals surface area (Å²) in [4.78, 5) is 15.0. The van der Waals surface area contributed by atoms with E-state index in [-0.39, 0.29) is 5.92 Å². The van der Waals surface area contributed by atoms with Crippen molar-refractivity contribution < 1.29 is 4.79 Å². The first-order chi connectivity index (χ1) is 10.1. The van der Waals surface area contributed by atoms with Gasteiger partial charge in [0.15, 0.2) is 0 Å². The first kappa shape index (κ1) is 15.3. The van der Waals surface area contributed by atoms with Crippen LogP contribution in [0.5, 0.6) is 0 Å². The van der Waals surface area contributed by atoms with Crippen molar-refractivity contribution in [3.8, 4) is 0 Å². The Labute approximate surface area is 129 Å². The number of nitrogens with two attached hydrogens (primary N) is 1. The quantitative estimate of drug-likeness (QED) is 0.848. The molecule has 1 heterocycles. The van der Waals surface area contributed by atoms with Crippen molar-refractivity contribution in [3.05, 3.63) is 0 Å². The lowest BCUT2D eigenvalue weighted by atomic mass is 9.75. The first-order valence-electron chi connectivity index (χ1n) is 9.14. The van der Waals surface area contributed by atoms with Crippen LogP contribution < -0.4 is 5.73 Å². The predicted octanol–water partition coefficient (Wildman–Crippen LogP) is 3.32. The maximum atomic E-state index is 12.8. The summed E-state index contributed by atoms with van der Waals surface area (Å²) >= 11 is 0. The molecule has 1 amide bonds. The van der Waals surface area contributed by atoms with Crippen LogP contribution in [0.25, 0.3) is 0 Å². The minimum absolute atomic E-state index is 0.175. The van der Waals surface area contributed by atoms with Gasteiger partial charge in [-0.25, -0.2) is 0 Å². The summed E-state index contributed by atoms with van der Waals surface area (Å²) in [6.07, 6.45) is 12.7. The van der Waals surface area contributed by atoms with E-state index < -0.39 is 0 Å². The standard InChI is InChI=1S/C18H32N2O/c1-14(15-5-4-6-16(19)13-15)17(21)20-11-9-18(10-12-20)7-2-3-8-18/h14-16H,2-13,19H2,1H3. The molecule has 0 aromatic rings. The van der Waals surface area contributed by atoms with E-state index in [4.69, 9.17) is 5.73 Å². The van der Waals surface area contributed by atoms with Crippen molar-refractivity contribution in [2.75, 3.05) is 13.1 Å². The van der Waals surface area contributed by atoms with Gasteiger partial charge >= 0.3 is 0 Å². The molecule has 2 saturated carbocycles. The molecule has 1 aliphatic heterocycles. The average molecular weight is 292 g/mol. The molecule has 0 aromatic carbocycles. The van der Waals surface area contributed by atoms with Crippen molar-refractivity contribution in [2.45, 2.75) is 77.2 Å². The second-order valence-corrected chi connectivity index (χ2v) is 8.01. The van der Waals surface area contributed by atoms with Crippen LogP contribution in [0.15, 0.2) is 0 Å². The third kappa shape index (κ3) is 3.28. The summed E-state index contributed by atoms with van der Waals surface area (Å²) in [6.45, 7) is 4.15. The molecule has 2 N–H and O–H groups in total. The Morgan fingerprint density at radius 1 is 1.10 bits per heavy atom. The number of piperidine rings is 1. The van der Waals surface area contributed by atoms with Crippen LogP contribution in [0, 0.1) is 17.3 Å². The molecule has 3 fully saturated rings. The second kappa shape index (κ2) is 6.28. The summed E-state index contributed by atoms with van der Waals surface area (Å²) in [7, 11) is 0. The van der Waals surface area contributed by atoms with Crippen LogP contribution in [0.2, 0.25) is 0 Å². The van der Waals surface area contributed by atoms with E-state index in [1.165, 1.54) is 51.4 Å². The zero-order valence-corrected chi connectivity index (χ0v) is 13.7. The molecule has 1 saturated heterocycles.